The minimum absolute atomic E-state index is 0.718. The van der Waals surface area contributed by atoms with Gasteiger partial charge in [-0.05, 0) is 18.6 Å². The van der Waals surface area contributed by atoms with Crippen molar-refractivity contribution in [3.05, 3.63) is 23.4 Å². The van der Waals surface area contributed by atoms with Crippen LogP contribution in [0.15, 0.2) is 23.4 Å². The lowest BCUT2D eigenvalue weighted by Gasteiger charge is -2.48. The molecule has 3 rings (SSSR count). The van der Waals surface area contributed by atoms with Crippen LogP contribution in [0.1, 0.15) is 6.92 Å². The van der Waals surface area contributed by atoms with E-state index in [1.54, 1.807) is 5.57 Å². The lowest BCUT2D eigenvalue weighted by atomic mass is 9.88. The monoisotopic (exact) mass is 206 g/mol. The number of dihydropyridines is 1. The van der Waals surface area contributed by atoms with E-state index in [0.717, 1.165) is 31.7 Å². The van der Waals surface area contributed by atoms with Gasteiger partial charge < -0.3 is 10.1 Å². The van der Waals surface area contributed by atoms with Crippen molar-refractivity contribution in [1.29, 1.82) is 0 Å². The first-order valence-electron chi connectivity index (χ1n) is 5.76. The molecule has 0 aromatic carbocycles. The summed E-state index contributed by atoms with van der Waals surface area (Å²) in [4.78, 5) is 2.54. The van der Waals surface area contributed by atoms with Gasteiger partial charge in [0.05, 0.1) is 19.3 Å². The Morgan fingerprint density at radius 1 is 1.33 bits per heavy atom. The molecule has 0 saturated carbocycles. The zero-order valence-electron chi connectivity index (χ0n) is 9.20. The molecule has 0 aromatic heterocycles. The van der Waals surface area contributed by atoms with E-state index in [0.29, 0.717) is 0 Å². The Hall–Kier alpha value is -0.800. The molecule has 3 nitrogen and oxygen atoms in total. The summed E-state index contributed by atoms with van der Waals surface area (Å²) in [5.41, 5.74) is 2.85. The second-order valence-electron chi connectivity index (χ2n) is 4.79. The molecule has 0 amide bonds. The van der Waals surface area contributed by atoms with Crippen LogP contribution in [0.5, 0.6) is 0 Å². The van der Waals surface area contributed by atoms with Crippen LogP contribution >= 0.6 is 0 Å². The normalized spacial score (nSPS) is 28.6. The first-order valence-corrected chi connectivity index (χ1v) is 5.76. The number of nitrogens with zero attached hydrogens (tertiary/aromatic N) is 1. The summed E-state index contributed by atoms with van der Waals surface area (Å²) < 4.78 is 5.21. The van der Waals surface area contributed by atoms with Crippen molar-refractivity contribution in [3.8, 4) is 0 Å². The second kappa shape index (κ2) is 3.65. The average molecular weight is 206 g/mol. The topological polar surface area (TPSA) is 24.5 Å². The number of likely N-dealkylation sites (tertiary alicyclic amines) is 1. The molecule has 0 unspecified atom stereocenters. The van der Waals surface area contributed by atoms with Gasteiger partial charge in [0.1, 0.15) is 0 Å². The van der Waals surface area contributed by atoms with Crippen molar-refractivity contribution in [2.24, 2.45) is 5.92 Å². The minimum atomic E-state index is 0.718. The van der Waals surface area contributed by atoms with Crippen molar-refractivity contribution in [2.75, 3.05) is 32.8 Å². The molecular weight excluding hydrogens is 188 g/mol. The van der Waals surface area contributed by atoms with E-state index in [4.69, 9.17) is 4.74 Å². The van der Waals surface area contributed by atoms with Gasteiger partial charge >= 0.3 is 0 Å². The van der Waals surface area contributed by atoms with Gasteiger partial charge in [-0.25, -0.2) is 0 Å². The molecule has 0 atom stereocenters. The van der Waals surface area contributed by atoms with E-state index in [9.17, 15) is 0 Å². The molecule has 2 saturated heterocycles. The zero-order valence-corrected chi connectivity index (χ0v) is 9.20. The predicted octanol–water partition coefficient (Wildman–Crippen LogP) is 0.750. The Balaban J connectivity index is 1.54. The lowest BCUT2D eigenvalue weighted by molar-refractivity contribution is -0.0964. The SMILES string of the molecule is CC1=CC=C(C2CN(C3COC3)C2)CN1. The standard InChI is InChI=1S/C12H18N2O/c1-9-2-3-10(4-13-9)11-5-14(6-11)12-7-15-8-12/h2-3,11-13H,4-8H2,1H3. The Morgan fingerprint density at radius 3 is 2.67 bits per heavy atom. The van der Waals surface area contributed by atoms with Gasteiger partial charge in [0.15, 0.2) is 0 Å². The van der Waals surface area contributed by atoms with E-state index in [1.165, 1.54) is 18.8 Å². The second-order valence-corrected chi connectivity index (χ2v) is 4.79. The fraction of sp³-hybridized carbons (Fsp3) is 0.667. The molecule has 3 heterocycles. The number of nitrogens with one attached hydrogen (secondary N) is 1. The largest absolute Gasteiger partial charge is 0.385 e. The summed E-state index contributed by atoms with van der Waals surface area (Å²) in [7, 11) is 0. The summed E-state index contributed by atoms with van der Waals surface area (Å²) in [5, 5.41) is 3.40. The minimum Gasteiger partial charge on any atom is -0.385 e. The van der Waals surface area contributed by atoms with Crippen molar-refractivity contribution >= 4 is 0 Å². The molecule has 3 aliphatic heterocycles. The number of hydrogen-bond acceptors (Lipinski definition) is 3. The molecule has 3 heteroatoms. The number of allylic oxidation sites excluding steroid dienone is 3. The van der Waals surface area contributed by atoms with Crippen LogP contribution < -0.4 is 5.32 Å². The van der Waals surface area contributed by atoms with E-state index in [1.807, 2.05) is 0 Å². The number of hydrogen-bond donors (Lipinski definition) is 1. The molecule has 0 spiro atoms. The summed E-state index contributed by atoms with van der Waals surface area (Å²) in [6.07, 6.45) is 4.49. The van der Waals surface area contributed by atoms with Crippen molar-refractivity contribution in [2.45, 2.75) is 13.0 Å². The molecule has 0 bridgehead atoms. The summed E-state index contributed by atoms with van der Waals surface area (Å²) in [6.45, 7) is 7.52. The number of ether oxygens (including phenoxy) is 1. The predicted molar refractivity (Wildman–Crippen MR) is 59.5 cm³/mol. The van der Waals surface area contributed by atoms with E-state index in [2.05, 4.69) is 29.3 Å². The average Bonchev–Trinajstić information content (AvgIpc) is 2.09. The maximum absolute atomic E-state index is 5.21. The highest BCUT2D eigenvalue weighted by atomic mass is 16.5. The molecule has 3 aliphatic rings. The Labute approximate surface area is 90.8 Å². The maximum atomic E-state index is 5.21. The Bertz CT molecular complexity index is 312. The maximum Gasteiger partial charge on any atom is 0.0645 e. The molecule has 0 radical (unpaired) electrons. The molecular formula is C12H18N2O. The Morgan fingerprint density at radius 2 is 2.13 bits per heavy atom. The lowest BCUT2D eigenvalue weighted by Crippen LogP contribution is -2.59. The van der Waals surface area contributed by atoms with E-state index in [-0.39, 0.29) is 0 Å². The van der Waals surface area contributed by atoms with Crippen LogP contribution in [0.3, 0.4) is 0 Å². The van der Waals surface area contributed by atoms with Gasteiger partial charge in [0, 0.05) is 31.2 Å². The highest BCUT2D eigenvalue weighted by Crippen LogP contribution is 2.28. The van der Waals surface area contributed by atoms with Crippen LogP contribution in [0, 0.1) is 5.92 Å². The third-order valence-corrected chi connectivity index (χ3v) is 3.69. The van der Waals surface area contributed by atoms with Crippen molar-refractivity contribution < 1.29 is 4.74 Å². The third-order valence-electron chi connectivity index (χ3n) is 3.69. The molecule has 15 heavy (non-hydrogen) atoms. The summed E-state index contributed by atoms with van der Waals surface area (Å²) in [6, 6.07) is 0.718. The fourth-order valence-electron chi connectivity index (χ4n) is 2.35. The van der Waals surface area contributed by atoms with Gasteiger partial charge in [-0.1, -0.05) is 6.08 Å². The van der Waals surface area contributed by atoms with Gasteiger partial charge in [-0.3, -0.25) is 4.90 Å². The Kier molecular flexibility index (Phi) is 2.29. The fourth-order valence-corrected chi connectivity index (χ4v) is 2.35. The smallest absolute Gasteiger partial charge is 0.0645 e. The quantitative estimate of drug-likeness (QED) is 0.721. The molecule has 0 aromatic rings. The first-order chi connectivity index (χ1) is 7.33. The molecule has 0 aliphatic carbocycles. The van der Waals surface area contributed by atoms with Crippen molar-refractivity contribution in [3.63, 3.8) is 0 Å². The van der Waals surface area contributed by atoms with Crippen LogP contribution in [-0.2, 0) is 4.74 Å². The van der Waals surface area contributed by atoms with Gasteiger partial charge in [0.2, 0.25) is 0 Å². The van der Waals surface area contributed by atoms with Crippen molar-refractivity contribution in [1.82, 2.24) is 10.2 Å². The van der Waals surface area contributed by atoms with Crippen LogP contribution in [0.2, 0.25) is 0 Å². The van der Waals surface area contributed by atoms with Crippen LogP contribution in [0.25, 0.3) is 0 Å². The van der Waals surface area contributed by atoms with Gasteiger partial charge in [-0.2, -0.15) is 0 Å². The van der Waals surface area contributed by atoms with Crippen LogP contribution in [0.4, 0.5) is 0 Å². The first kappa shape index (κ1) is 9.43. The zero-order chi connectivity index (χ0) is 10.3. The molecule has 2 fully saturated rings. The van der Waals surface area contributed by atoms with E-state index >= 15 is 0 Å². The number of rotatable bonds is 2. The third kappa shape index (κ3) is 1.70. The molecule has 1 N–H and O–H groups in total. The summed E-state index contributed by atoms with van der Waals surface area (Å²) >= 11 is 0. The van der Waals surface area contributed by atoms with E-state index < -0.39 is 0 Å². The van der Waals surface area contributed by atoms with Crippen LogP contribution in [-0.4, -0.2) is 43.8 Å². The highest BCUT2D eigenvalue weighted by Gasteiger charge is 2.37. The summed E-state index contributed by atoms with van der Waals surface area (Å²) in [5.74, 6) is 0.780. The van der Waals surface area contributed by atoms with Gasteiger partial charge in [-0.15, -0.1) is 0 Å². The molecule has 82 valence electrons. The van der Waals surface area contributed by atoms with Gasteiger partial charge in [0.25, 0.3) is 0 Å². The highest BCUT2D eigenvalue weighted by molar-refractivity contribution is 5.26.